The molecule has 3 heteroatoms. The van der Waals surface area contributed by atoms with Gasteiger partial charge >= 0.3 is 0 Å². The number of aryl methyl sites for hydroxylation is 1. The van der Waals surface area contributed by atoms with Gasteiger partial charge in [-0.2, -0.15) is 0 Å². The zero-order valence-electron chi connectivity index (χ0n) is 11.9. The van der Waals surface area contributed by atoms with E-state index in [-0.39, 0.29) is 12.5 Å². The lowest BCUT2D eigenvalue weighted by Gasteiger charge is -2.06. The Morgan fingerprint density at radius 2 is 1.95 bits per heavy atom. The molecule has 1 amide bonds. The molecule has 0 saturated heterocycles. The number of hydrogen-bond donors (Lipinski definition) is 2. The van der Waals surface area contributed by atoms with Crippen LogP contribution in [0, 0.1) is 11.8 Å². The van der Waals surface area contributed by atoms with E-state index in [2.05, 4.69) is 24.1 Å². The highest BCUT2D eigenvalue weighted by molar-refractivity contribution is 6.04. The van der Waals surface area contributed by atoms with Gasteiger partial charge in [-0.25, -0.2) is 0 Å². The van der Waals surface area contributed by atoms with Crippen LogP contribution in [0.2, 0.25) is 0 Å². The third-order valence-electron chi connectivity index (χ3n) is 3.06. The van der Waals surface area contributed by atoms with E-state index in [1.807, 2.05) is 42.5 Å². The number of carbonyl (C=O) groups is 1. The lowest BCUT2D eigenvalue weighted by atomic mass is 10.1. The first kappa shape index (κ1) is 14.8. The van der Waals surface area contributed by atoms with Crippen LogP contribution in [0.1, 0.15) is 28.4 Å². The Kier molecular flexibility index (Phi) is 5.14. The maximum absolute atomic E-state index is 12.2. The molecule has 0 spiro atoms. The van der Waals surface area contributed by atoms with E-state index in [9.17, 15) is 4.79 Å². The number of aliphatic hydroxyl groups is 1. The molecule has 0 bridgehead atoms. The predicted molar refractivity (Wildman–Crippen MR) is 84.2 cm³/mol. The van der Waals surface area contributed by atoms with Crippen molar-refractivity contribution in [1.29, 1.82) is 0 Å². The van der Waals surface area contributed by atoms with Gasteiger partial charge in [-0.1, -0.05) is 37.0 Å². The molecular weight excluding hydrogens is 262 g/mol. The zero-order chi connectivity index (χ0) is 15.1. The Labute approximate surface area is 124 Å². The van der Waals surface area contributed by atoms with Crippen LogP contribution in [0.25, 0.3) is 0 Å². The number of hydrogen-bond acceptors (Lipinski definition) is 2. The zero-order valence-corrected chi connectivity index (χ0v) is 11.9. The summed E-state index contributed by atoms with van der Waals surface area (Å²) in [4.78, 5) is 12.2. The fourth-order valence-corrected chi connectivity index (χ4v) is 1.91. The Balaban J connectivity index is 2.11. The van der Waals surface area contributed by atoms with E-state index in [1.54, 1.807) is 6.07 Å². The number of nitrogens with one attached hydrogen (secondary N) is 1. The third kappa shape index (κ3) is 4.20. The van der Waals surface area contributed by atoms with Crippen molar-refractivity contribution in [2.75, 3.05) is 11.9 Å². The highest BCUT2D eigenvalue weighted by atomic mass is 16.2. The molecule has 0 saturated carbocycles. The Morgan fingerprint density at radius 1 is 1.19 bits per heavy atom. The Morgan fingerprint density at radius 3 is 2.62 bits per heavy atom. The number of benzene rings is 2. The fourth-order valence-electron chi connectivity index (χ4n) is 1.91. The van der Waals surface area contributed by atoms with Crippen LogP contribution in [-0.4, -0.2) is 17.6 Å². The highest BCUT2D eigenvalue weighted by Crippen LogP contribution is 2.12. The van der Waals surface area contributed by atoms with E-state index >= 15 is 0 Å². The van der Waals surface area contributed by atoms with Crippen molar-refractivity contribution in [3.8, 4) is 11.8 Å². The van der Waals surface area contributed by atoms with Gasteiger partial charge in [0, 0.05) is 16.8 Å². The minimum atomic E-state index is -0.180. The molecule has 2 aromatic rings. The van der Waals surface area contributed by atoms with Crippen molar-refractivity contribution in [2.45, 2.75) is 13.3 Å². The molecule has 0 unspecified atom stereocenters. The van der Waals surface area contributed by atoms with E-state index in [0.717, 1.165) is 12.0 Å². The van der Waals surface area contributed by atoms with Gasteiger partial charge in [0.2, 0.25) is 0 Å². The first-order valence-corrected chi connectivity index (χ1v) is 6.83. The summed E-state index contributed by atoms with van der Waals surface area (Å²) in [7, 11) is 0. The summed E-state index contributed by atoms with van der Waals surface area (Å²) in [6.07, 6.45) is 0.952. The molecule has 0 fully saturated rings. The first-order chi connectivity index (χ1) is 10.2. The van der Waals surface area contributed by atoms with Gasteiger partial charge in [-0.3, -0.25) is 4.79 Å². The molecule has 21 heavy (non-hydrogen) atoms. The van der Waals surface area contributed by atoms with Crippen LogP contribution in [0.5, 0.6) is 0 Å². The Hall–Kier alpha value is -2.57. The summed E-state index contributed by atoms with van der Waals surface area (Å²) >= 11 is 0. The second-order valence-electron chi connectivity index (χ2n) is 4.55. The van der Waals surface area contributed by atoms with Crippen molar-refractivity contribution in [3.63, 3.8) is 0 Å². The average molecular weight is 279 g/mol. The second-order valence-corrected chi connectivity index (χ2v) is 4.55. The largest absolute Gasteiger partial charge is 0.384 e. The smallest absolute Gasteiger partial charge is 0.255 e. The number of aliphatic hydroxyl groups excluding tert-OH is 1. The van der Waals surface area contributed by atoms with Crippen molar-refractivity contribution >= 4 is 11.6 Å². The molecule has 106 valence electrons. The summed E-state index contributed by atoms with van der Waals surface area (Å²) in [6, 6.07) is 14.8. The molecule has 0 aliphatic carbocycles. The van der Waals surface area contributed by atoms with E-state index in [1.165, 1.54) is 5.56 Å². The average Bonchev–Trinajstić information content (AvgIpc) is 2.53. The van der Waals surface area contributed by atoms with Crippen LogP contribution in [0.3, 0.4) is 0 Å². The quantitative estimate of drug-likeness (QED) is 0.849. The van der Waals surface area contributed by atoms with Gasteiger partial charge in [0.1, 0.15) is 6.61 Å². The minimum absolute atomic E-state index is 0.148. The van der Waals surface area contributed by atoms with E-state index in [0.29, 0.717) is 11.3 Å². The summed E-state index contributed by atoms with van der Waals surface area (Å²) in [5.41, 5.74) is 3.26. The van der Waals surface area contributed by atoms with Crippen molar-refractivity contribution in [3.05, 3.63) is 65.2 Å². The normalized spacial score (nSPS) is 9.62. The Bertz CT molecular complexity index is 678. The molecule has 0 aliphatic heterocycles. The topological polar surface area (TPSA) is 49.3 Å². The van der Waals surface area contributed by atoms with Gasteiger partial charge < -0.3 is 10.4 Å². The fraction of sp³-hybridized carbons (Fsp3) is 0.167. The predicted octanol–water partition coefficient (Wildman–Crippen LogP) is 2.85. The highest BCUT2D eigenvalue weighted by Gasteiger charge is 2.05. The molecular formula is C18H17NO2. The SMILES string of the molecule is CCc1ccc(C(=O)Nc2cccc(C#CCO)c2)cc1. The molecule has 2 N–H and O–H groups in total. The van der Waals surface area contributed by atoms with Gasteiger partial charge in [0.05, 0.1) is 0 Å². The van der Waals surface area contributed by atoms with Crippen molar-refractivity contribution in [2.24, 2.45) is 0 Å². The second kappa shape index (κ2) is 7.28. The molecule has 3 nitrogen and oxygen atoms in total. The number of amides is 1. The van der Waals surface area contributed by atoms with Crippen molar-refractivity contribution < 1.29 is 9.90 Å². The van der Waals surface area contributed by atoms with Crippen molar-refractivity contribution in [1.82, 2.24) is 0 Å². The molecule has 0 radical (unpaired) electrons. The van der Waals surface area contributed by atoms with E-state index in [4.69, 9.17) is 5.11 Å². The number of carbonyl (C=O) groups excluding carboxylic acids is 1. The molecule has 0 atom stereocenters. The van der Waals surface area contributed by atoms with Gasteiger partial charge in [0.25, 0.3) is 5.91 Å². The lowest BCUT2D eigenvalue weighted by Crippen LogP contribution is -2.11. The molecule has 2 aromatic carbocycles. The van der Waals surface area contributed by atoms with Crippen LogP contribution >= 0.6 is 0 Å². The first-order valence-electron chi connectivity index (χ1n) is 6.83. The molecule has 0 aromatic heterocycles. The summed E-state index contributed by atoms with van der Waals surface area (Å²) in [6.45, 7) is 1.90. The number of rotatable bonds is 3. The van der Waals surface area contributed by atoms with Crippen LogP contribution in [0.4, 0.5) is 5.69 Å². The molecule has 0 heterocycles. The van der Waals surface area contributed by atoms with Gasteiger partial charge in [0.15, 0.2) is 0 Å². The van der Waals surface area contributed by atoms with E-state index < -0.39 is 0 Å². The molecule has 0 aliphatic rings. The minimum Gasteiger partial charge on any atom is -0.384 e. The summed E-state index contributed by atoms with van der Waals surface area (Å²) in [5.74, 6) is 5.25. The monoisotopic (exact) mass is 279 g/mol. The number of anilines is 1. The van der Waals surface area contributed by atoms with Crippen LogP contribution in [0.15, 0.2) is 48.5 Å². The third-order valence-corrected chi connectivity index (χ3v) is 3.06. The van der Waals surface area contributed by atoms with Crippen LogP contribution < -0.4 is 5.32 Å². The lowest BCUT2D eigenvalue weighted by molar-refractivity contribution is 0.102. The van der Waals surface area contributed by atoms with Gasteiger partial charge in [-0.15, -0.1) is 0 Å². The maximum Gasteiger partial charge on any atom is 0.255 e. The standard InChI is InChI=1S/C18H17NO2/c1-2-14-8-10-16(11-9-14)18(21)19-17-7-3-5-15(13-17)6-4-12-20/h3,5,7-11,13,20H,2,12H2,1H3,(H,19,21). The molecule has 2 rings (SSSR count). The summed E-state index contributed by atoms with van der Waals surface area (Å²) < 4.78 is 0. The van der Waals surface area contributed by atoms with Crippen LogP contribution in [-0.2, 0) is 6.42 Å². The van der Waals surface area contributed by atoms with Gasteiger partial charge in [-0.05, 0) is 42.3 Å². The maximum atomic E-state index is 12.2. The summed E-state index contributed by atoms with van der Waals surface area (Å²) in [5, 5.41) is 11.5.